The molecule has 0 heterocycles. The van der Waals surface area contributed by atoms with Crippen LogP contribution in [0.25, 0.3) is 0 Å². The van der Waals surface area contributed by atoms with E-state index in [-0.39, 0.29) is 11.7 Å². The SMILES string of the molecule is C[C@H](NC(=O)C1(c2cccc(F)c2)CCC1)C(=O)O. The lowest BCUT2D eigenvalue weighted by molar-refractivity contribution is -0.143. The molecule has 0 aromatic heterocycles. The highest BCUT2D eigenvalue weighted by atomic mass is 19.1. The summed E-state index contributed by atoms with van der Waals surface area (Å²) < 4.78 is 13.3. The predicted octanol–water partition coefficient (Wildman–Crippen LogP) is 1.84. The Morgan fingerprint density at radius 3 is 2.58 bits per heavy atom. The van der Waals surface area contributed by atoms with Crippen LogP contribution in [-0.4, -0.2) is 23.0 Å². The summed E-state index contributed by atoms with van der Waals surface area (Å²) in [5.74, 6) is -1.80. The molecular weight excluding hydrogens is 249 g/mol. The lowest BCUT2D eigenvalue weighted by Crippen LogP contribution is -2.53. The summed E-state index contributed by atoms with van der Waals surface area (Å²) >= 11 is 0. The Labute approximate surface area is 110 Å². The summed E-state index contributed by atoms with van der Waals surface area (Å²) in [5, 5.41) is 11.3. The number of carbonyl (C=O) groups is 2. The van der Waals surface area contributed by atoms with Gasteiger partial charge < -0.3 is 10.4 Å². The van der Waals surface area contributed by atoms with Gasteiger partial charge in [-0.3, -0.25) is 9.59 Å². The van der Waals surface area contributed by atoms with E-state index in [9.17, 15) is 14.0 Å². The summed E-state index contributed by atoms with van der Waals surface area (Å²) in [7, 11) is 0. The van der Waals surface area contributed by atoms with E-state index in [4.69, 9.17) is 5.11 Å². The highest BCUT2D eigenvalue weighted by Gasteiger charge is 2.46. The molecule has 0 unspecified atom stereocenters. The lowest BCUT2D eigenvalue weighted by atomic mass is 9.63. The quantitative estimate of drug-likeness (QED) is 0.873. The van der Waals surface area contributed by atoms with Crippen LogP contribution in [0.1, 0.15) is 31.7 Å². The van der Waals surface area contributed by atoms with Crippen LogP contribution in [-0.2, 0) is 15.0 Å². The van der Waals surface area contributed by atoms with Gasteiger partial charge in [-0.25, -0.2) is 4.39 Å². The fourth-order valence-electron chi connectivity index (χ4n) is 2.36. The largest absolute Gasteiger partial charge is 0.480 e. The molecule has 2 rings (SSSR count). The van der Waals surface area contributed by atoms with Crippen LogP contribution in [0.2, 0.25) is 0 Å². The van der Waals surface area contributed by atoms with Gasteiger partial charge in [0, 0.05) is 0 Å². The molecule has 1 atom stereocenters. The minimum Gasteiger partial charge on any atom is -0.480 e. The maximum absolute atomic E-state index is 13.3. The molecule has 1 amide bonds. The Morgan fingerprint density at radius 2 is 2.11 bits per heavy atom. The maximum atomic E-state index is 13.3. The first-order valence-electron chi connectivity index (χ1n) is 6.25. The van der Waals surface area contributed by atoms with Gasteiger partial charge in [-0.15, -0.1) is 0 Å². The fourth-order valence-corrected chi connectivity index (χ4v) is 2.36. The van der Waals surface area contributed by atoms with Crippen molar-refractivity contribution < 1.29 is 19.1 Å². The van der Waals surface area contributed by atoms with Crippen molar-refractivity contribution in [1.82, 2.24) is 5.32 Å². The number of carboxylic acid groups (broad SMARTS) is 1. The smallest absolute Gasteiger partial charge is 0.325 e. The Morgan fingerprint density at radius 1 is 1.42 bits per heavy atom. The Kier molecular flexibility index (Phi) is 3.55. The fraction of sp³-hybridized carbons (Fsp3) is 0.429. The van der Waals surface area contributed by atoms with Gasteiger partial charge in [0.05, 0.1) is 5.41 Å². The van der Waals surface area contributed by atoms with Crippen LogP contribution in [0.3, 0.4) is 0 Å². The molecule has 0 radical (unpaired) electrons. The van der Waals surface area contributed by atoms with Gasteiger partial charge in [0.25, 0.3) is 0 Å². The number of benzene rings is 1. The van der Waals surface area contributed by atoms with Crippen molar-refractivity contribution >= 4 is 11.9 Å². The first-order chi connectivity index (χ1) is 8.95. The normalized spacial score (nSPS) is 18.2. The number of hydrogen-bond donors (Lipinski definition) is 2. The van der Waals surface area contributed by atoms with Crippen molar-refractivity contribution in [3.63, 3.8) is 0 Å². The topological polar surface area (TPSA) is 66.4 Å². The zero-order valence-electron chi connectivity index (χ0n) is 10.6. The Balaban J connectivity index is 2.23. The van der Waals surface area contributed by atoms with Gasteiger partial charge in [0.15, 0.2) is 0 Å². The van der Waals surface area contributed by atoms with E-state index >= 15 is 0 Å². The molecule has 2 N–H and O–H groups in total. The first kappa shape index (κ1) is 13.5. The van der Waals surface area contributed by atoms with Gasteiger partial charge in [0.1, 0.15) is 11.9 Å². The van der Waals surface area contributed by atoms with Crippen molar-refractivity contribution in [2.45, 2.75) is 37.6 Å². The maximum Gasteiger partial charge on any atom is 0.325 e. The van der Waals surface area contributed by atoms with Crippen LogP contribution in [0.5, 0.6) is 0 Å². The third kappa shape index (κ3) is 2.45. The Bertz CT molecular complexity index is 511. The second-order valence-corrected chi connectivity index (χ2v) is 4.98. The van der Waals surface area contributed by atoms with Crippen LogP contribution < -0.4 is 5.32 Å². The third-order valence-corrected chi connectivity index (χ3v) is 3.74. The first-order valence-corrected chi connectivity index (χ1v) is 6.25. The predicted molar refractivity (Wildman–Crippen MR) is 67.2 cm³/mol. The molecule has 102 valence electrons. The van der Waals surface area contributed by atoms with E-state index in [0.717, 1.165) is 6.42 Å². The lowest BCUT2D eigenvalue weighted by Gasteiger charge is -2.41. The zero-order valence-corrected chi connectivity index (χ0v) is 10.6. The molecule has 1 aromatic rings. The van der Waals surface area contributed by atoms with Gasteiger partial charge in [-0.05, 0) is 37.5 Å². The number of aliphatic carboxylic acids is 1. The van der Waals surface area contributed by atoms with Crippen LogP contribution in [0.4, 0.5) is 4.39 Å². The van der Waals surface area contributed by atoms with Gasteiger partial charge in [-0.2, -0.15) is 0 Å². The molecule has 5 heteroatoms. The number of rotatable bonds is 4. The molecule has 4 nitrogen and oxygen atoms in total. The van der Waals surface area contributed by atoms with Gasteiger partial charge in [0.2, 0.25) is 5.91 Å². The highest BCUT2D eigenvalue weighted by Crippen LogP contribution is 2.44. The summed E-state index contributed by atoms with van der Waals surface area (Å²) in [4.78, 5) is 23.1. The zero-order chi connectivity index (χ0) is 14.0. The Hall–Kier alpha value is -1.91. The molecule has 0 aliphatic heterocycles. The van der Waals surface area contributed by atoms with E-state index in [1.54, 1.807) is 12.1 Å². The molecule has 0 saturated heterocycles. The number of nitrogens with one attached hydrogen (secondary N) is 1. The van der Waals surface area contributed by atoms with E-state index in [1.165, 1.54) is 19.1 Å². The minimum absolute atomic E-state index is 0.334. The average Bonchev–Trinajstić information content (AvgIpc) is 2.27. The number of halogens is 1. The molecule has 1 aliphatic carbocycles. The summed E-state index contributed by atoms with van der Waals surface area (Å²) in [6.07, 6.45) is 2.12. The van der Waals surface area contributed by atoms with Gasteiger partial charge >= 0.3 is 5.97 Å². The molecule has 1 fully saturated rings. The van der Waals surface area contributed by atoms with Gasteiger partial charge in [-0.1, -0.05) is 18.6 Å². The third-order valence-electron chi connectivity index (χ3n) is 3.74. The molecule has 1 aliphatic rings. The summed E-state index contributed by atoms with van der Waals surface area (Å²) in [6, 6.07) is 5.02. The van der Waals surface area contributed by atoms with Crippen molar-refractivity contribution in [2.75, 3.05) is 0 Å². The second kappa shape index (κ2) is 4.99. The van der Waals surface area contributed by atoms with Crippen LogP contribution in [0, 0.1) is 5.82 Å². The average molecular weight is 265 g/mol. The minimum atomic E-state index is -1.08. The van der Waals surface area contributed by atoms with Crippen LogP contribution in [0.15, 0.2) is 24.3 Å². The molecule has 1 aromatic carbocycles. The van der Waals surface area contributed by atoms with Crippen molar-refractivity contribution in [2.24, 2.45) is 0 Å². The van der Waals surface area contributed by atoms with Crippen molar-refractivity contribution in [1.29, 1.82) is 0 Å². The van der Waals surface area contributed by atoms with Crippen LogP contribution >= 0.6 is 0 Å². The van der Waals surface area contributed by atoms with Crippen molar-refractivity contribution in [3.05, 3.63) is 35.6 Å². The number of amides is 1. The second-order valence-electron chi connectivity index (χ2n) is 4.98. The molecule has 0 bridgehead atoms. The molecular formula is C14H16FNO3. The highest BCUT2D eigenvalue weighted by molar-refractivity contribution is 5.92. The summed E-state index contributed by atoms with van der Waals surface area (Å²) in [6.45, 7) is 1.41. The van der Waals surface area contributed by atoms with E-state index < -0.39 is 17.4 Å². The van der Waals surface area contributed by atoms with E-state index in [1.807, 2.05) is 0 Å². The van der Waals surface area contributed by atoms with Crippen molar-refractivity contribution in [3.8, 4) is 0 Å². The van der Waals surface area contributed by atoms with E-state index in [2.05, 4.69) is 5.32 Å². The molecule has 0 spiro atoms. The standard InChI is InChI=1S/C14H16FNO3/c1-9(12(17)18)16-13(19)14(6-3-7-14)10-4-2-5-11(15)8-10/h2,4-5,8-9H,3,6-7H2,1H3,(H,16,19)(H,17,18)/t9-/m0/s1. The number of carboxylic acids is 1. The number of hydrogen-bond acceptors (Lipinski definition) is 2. The van der Waals surface area contributed by atoms with E-state index in [0.29, 0.717) is 18.4 Å². The monoisotopic (exact) mass is 265 g/mol. The number of carbonyl (C=O) groups excluding carboxylic acids is 1. The molecule has 19 heavy (non-hydrogen) atoms. The summed E-state index contributed by atoms with van der Waals surface area (Å²) in [5.41, 5.74) is -0.153. The molecule has 1 saturated carbocycles.